The maximum Gasteiger partial charge on any atom is 0.274 e. The van der Waals surface area contributed by atoms with E-state index in [1.807, 2.05) is 0 Å². The molecule has 0 saturated carbocycles. The van der Waals surface area contributed by atoms with Gasteiger partial charge in [-0.2, -0.15) is 5.10 Å². The molecule has 0 radical (unpaired) electrons. The summed E-state index contributed by atoms with van der Waals surface area (Å²) < 4.78 is 0. The Kier molecular flexibility index (Phi) is 6.36. The van der Waals surface area contributed by atoms with E-state index in [2.05, 4.69) is 32.7 Å². The molecule has 0 unspecified atom stereocenters. The largest absolute Gasteiger partial charge is 0.348 e. The number of nitrogens with zero attached hydrogens (tertiary/aromatic N) is 2. The van der Waals surface area contributed by atoms with E-state index in [4.69, 9.17) is 23.2 Å². The maximum absolute atomic E-state index is 12.6. The summed E-state index contributed by atoms with van der Waals surface area (Å²) in [6.45, 7) is 5.05. The molecular formula is C18H21Cl2N5O2. The predicted octanol–water partition coefficient (Wildman–Crippen LogP) is 3.18. The molecule has 0 atom stereocenters. The Morgan fingerprint density at radius 1 is 1.22 bits per heavy atom. The van der Waals surface area contributed by atoms with Gasteiger partial charge in [0, 0.05) is 25.3 Å². The van der Waals surface area contributed by atoms with Crippen molar-refractivity contribution in [1.29, 1.82) is 0 Å². The number of benzene rings is 1. The Balaban J connectivity index is 1.67. The topological polar surface area (TPSA) is 90.1 Å². The first-order chi connectivity index (χ1) is 13.0. The number of H-pyrrole nitrogens is 1. The van der Waals surface area contributed by atoms with Gasteiger partial charge in [-0.1, -0.05) is 36.2 Å². The molecule has 3 N–H and O–H groups in total. The summed E-state index contributed by atoms with van der Waals surface area (Å²) in [5, 5.41) is 12.7. The average Bonchev–Trinajstić information content (AvgIpc) is 3.10. The molecule has 1 aliphatic heterocycles. The standard InChI is InChI=1S/C18H21Cl2N5O2/c1-2-25-8-6-11(7-9-25)22-18(27)16-14(10-21-24-16)23-17(26)15-12(19)4-3-5-13(15)20/h3-5,10-11H,2,6-9H2,1H3,(H,21,24)(H,22,27)(H,23,26). The van der Waals surface area contributed by atoms with Crippen molar-refractivity contribution in [2.24, 2.45) is 0 Å². The second-order valence-corrected chi connectivity index (χ2v) is 7.19. The first-order valence-electron chi connectivity index (χ1n) is 8.82. The zero-order chi connectivity index (χ0) is 19.4. The summed E-state index contributed by atoms with van der Waals surface area (Å²) >= 11 is 12.1. The number of aromatic nitrogens is 2. The van der Waals surface area contributed by atoms with Crippen LogP contribution in [0.4, 0.5) is 5.69 Å². The van der Waals surface area contributed by atoms with E-state index in [1.54, 1.807) is 18.2 Å². The maximum atomic E-state index is 12.6. The molecule has 1 saturated heterocycles. The first kappa shape index (κ1) is 19.7. The van der Waals surface area contributed by atoms with Crippen molar-refractivity contribution in [1.82, 2.24) is 20.4 Å². The Labute approximate surface area is 167 Å². The van der Waals surface area contributed by atoms with Crippen molar-refractivity contribution < 1.29 is 9.59 Å². The fourth-order valence-corrected chi connectivity index (χ4v) is 3.67. The number of aromatic amines is 1. The number of piperidine rings is 1. The number of carbonyl (C=O) groups is 2. The minimum atomic E-state index is -0.502. The van der Waals surface area contributed by atoms with Gasteiger partial charge in [-0.05, 0) is 31.5 Å². The van der Waals surface area contributed by atoms with Gasteiger partial charge in [0.1, 0.15) is 0 Å². The number of halogens is 2. The monoisotopic (exact) mass is 409 g/mol. The van der Waals surface area contributed by atoms with Crippen molar-refractivity contribution in [2.45, 2.75) is 25.8 Å². The molecule has 1 fully saturated rings. The summed E-state index contributed by atoms with van der Waals surface area (Å²) in [5.41, 5.74) is 0.559. The molecule has 7 nitrogen and oxygen atoms in total. The molecule has 3 rings (SSSR count). The van der Waals surface area contributed by atoms with Crippen LogP contribution >= 0.6 is 23.2 Å². The minimum Gasteiger partial charge on any atom is -0.348 e. The van der Waals surface area contributed by atoms with Gasteiger partial charge in [0.05, 0.1) is 21.3 Å². The Hall–Kier alpha value is -2.09. The first-order valence-corrected chi connectivity index (χ1v) is 9.57. The van der Waals surface area contributed by atoms with Crippen LogP contribution in [0.5, 0.6) is 0 Å². The van der Waals surface area contributed by atoms with Crippen molar-refractivity contribution in [3.63, 3.8) is 0 Å². The quantitative estimate of drug-likeness (QED) is 0.706. The SMILES string of the molecule is CCN1CCC(NC(=O)c2n[nH]cc2NC(=O)c2c(Cl)cccc2Cl)CC1. The van der Waals surface area contributed by atoms with E-state index < -0.39 is 5.91 Å². The van der Waals surface area contributed by atoms with Crippen molar-refractivity contribution in [3.05, 3.63) is 45.7 Å². The number of hydrogen-bond donors (Lipinski definition) is 3. The second kappa shape index (κ2) is 8.73. The Morgan fingerprint density at radius 2 is 1.89 bits per heavy atom. The van der Waals surface area contributed by atoms with Crippen LogP contribution in [-0.4, -0.2) is 52.6 Å². The molecule has 2 amide bonds. The number of carbonyl (C=O) groups excluding carboxylic acids is 2. The Morgan fingerprint density at radius 3 is 2.52 bits per heavy atom. The summed E-state index contributed by atoms with van der Waals surface area (Å²) in [6.07, 6.45) is 3.24. The van der Waals surface area contributed by atoms with Gasteiger partial charge < -0.3 is 15.5 Å². The van der Waals surface area contributed by atoms with Crippen LogP contribution < -0.4 is 10.6 Å². The van der Waals surface area contributed by atoms with Gasteiger partial charge in [-0.3, -0.25) is 14.7 Å². The lowest BCUT2D eigenvalue weighted by Crippen LogP contribution is -2.44. The van der Waals surface area contributed by atoms with Gasteiger partial charge in [-0.15, -0.1) is 0 Å². The second-order valence-electron chi connectivity index (χ2n) is 6.38. The lowest BCUT2D eigenvalue weighted by atomic mass is 10.0. The highest BCUT2D eigenvalue weighted by atomic mass is 35.5. The van der Waals surface area contributed by atoms with Crippen LogP contribution in [0, 0.1) is 0 Å². The number of rotatable bonds is 5. The molecule has 0 bridgehead atoms. The predicted molar refractivity (Wildman–Crippen MR) is 106 cm³/mol. The number of anilines is 1. The fourth-order valence-electron chi connectivity index (χ4n) is 3.11. The van der Waals surface area contributed by atoms with Crippen LogP contribution in [0.3, 0.4) is 0 Å². The molecule has 27 heavy (non-hydrogen) atoms. The van der Waals surface area contributed by atoms with Gasteiger partial charge in [-0.25, -0.2) is 0 Å². The van der Waals surface area contributed by atoms with Crippen LogP contribution in [0.2, 0.25) is 10.0 Å². The molecule has 1 aromatic heterocycles. The Bertz CT molecular complexity index is 811. The third-order valence-corrected chi connectivity index (χ3v) is 5.29. The van der Waals surface area contributed by atoms with E-state index in [0.717, 1.165) is 32.5 Å². The third kappa shape index (κ3) is 4.61. The number of amides is 2. The van der Waals surface area contributed by atoms with E-state index in [9.17, 15) is 9.59 Å². The third-order valence-electron chi connectivity index (χ3n) is 4.66. The number of likely N-dealkylation sites (tertiary alicyclic amines) is 1. The zero-order valence-corrected chi connectivity index (χ0v) is 16.4. The summed E-state index contributed by atoms with van der Waals surface area (Å²) in [5.74, 6) is -0.830. The number of nitrogens with one attached hydrogen (secondary N) is 3. The zero-order valence-electron chi connectivity index (χ0n) is 14.9. The highest BCUT2D eigenvalue weighted by Crippen LogP contribution is 2.25. The molecule has 1 aliphatic rings. The highest BCUT2D eigenvalue weighted by Gasteiger charge is 2.24. The summed E-state index contributed by atoms with van der Waals surface area (Å²) in [7, 11) is 0. The van der Waals surface area contributed by atoms with E-state index in [1.165, 1.54) is 6.20 Å². The molecule has 0 aliphatic carbocycles. The molecule has 0 spiro atoms. The summed E-state index contributed by atoms with van der Waals surface area (Å²) in [6, 6.07) is 4.91. The molecular weight excluding hydrogens is 389 g/mol. The van der Waals surface area contributed by atoms with E-state index in [-0.39, 0.29) is 38.9 Å². The van der Waals surface area contributed by atoms with Crippen LogP contribution in [-0.2, 0) is 0 Å². The van der Waals surface area contributed by atoms with Crippen molar-refractivity contribution in [2.75, 3.05) is 25.0 Å². The minimum absolute atomic E-state index is 0.0959. The van der Waals surface area contributed by atoms with Gasteiger partial charge in [0.25, 0.3) is 11.8 Å². The van der Waals surface area contributed by atoms with Gasteiger partial charge in [0.2, 0.25) is 0 Å². The molecule has 9 heteroatoms. The fraction of sp³-hybridized carbons (Fsp3) is 0.389. The van der Waals surface area contributed by atoms with Crippen molar-refractivity contribution in [3.8, 4) is 0 Å². The lowest BCUT2D eigenvalue weighted by molar-refractivity contribution is 0.0908. The molecule has 2 aromatic rings. The lowest BCUT2D eigenvalue weighted by Gasteiger charge is -2.31. The average molecular weight is 410 g/mol. The molecule has 2 heterocycles. The van der Waals surface area contributed by atoms with Gasteiger partial charge >= 0.3 is 0 Å². The van der Waals surface area contributed by atoms with E-state index >= 15 is 0 Å². The van der Waals surface area contributed by atoms with Crippen LogP contribution in [0.1, 0.15) is 40.6 Å². The molecule has 144 valence electrons. The van der Waals surface area contributed by atoms with Gasteiger partial charge in [0.15, 0.2) is 5.69 Å². The van der Waals surface area contributed by atoms with E-state index in [0.29, 0.717) is 0 Å². The molecule has 1 aromatic carbocycles. The number of hydrogen-bond acceptors (Lipinski definition) is 4. The summed E-state index contributed by atoms with van der Waals surface area (Å²) in [4.78, 5) is 27.5. The van der Waals surface area contributed by atoms with Crippen molar-refractivity contribution >= 4 is 40.7 Å². The van der Waals surface area contributed by atoms with Crippen LogP contribution in [0.15, 0.2) is 24.4 Å². The highest BCUT2D eigenvalue weighted by molar-refractivity contribution is 6.40. The normalized spacial score (nSPS) is 15.5. The smallest absolute Gasteiger partial charge is 0.274 e. The van der Waals surface area contributed by atoms with Crippen LogP contribution in [0.25, 0.3) is 0 Å².